The van der Waals surface area contributed by atoms with Gasteiger partial charge in [-0.3, -0.25) is 0 Å². The lowest BCUT2D eigenvalue weighted by Crippen LogP contribution is -2.44. The van der Waals surface area contributed by atoms with Crippen LogP contribution in [0.2, 0.25) is 0 Å². The van der Waals surface area contributed by atoms with E-state index in [1.54, 1.807) is 0 Å². The Labute approximate surface area is 120 Å². The van der Waals surface area contributed by atoms with Crippen LogP contribution in [0.1, 0.15) is 53.4 Å². The first-order valence-electron chi connectivity index (χ1n) is 8.26. The Morgan fingerprint density at radius 2 is 1.63 bits per heavy atom. The second kappa shape index (κ2) is 8.23. The lowest BCUT2D eigenvalue weighted by atomic mass is 9.84. The molecular formula is C16H35N3. The molecule has 1 aliphatic carbocycles. The largest absolute Gasteiger partial charge is 0.327 e. The number of rotatable bonds is 9. The minimum Gasteiger partial charge on any atom is -0.327 e. The van der Waals surface area contributed by atoms with Gasteiger partial charge in [0, 0.05) is 12.6 Å². The van der Waals surface area contributed by atoms with Gasteiger partial charge in [-0.05, 0) is 57.4 Å². The quantitative estimate of drug-likeness (QED) is 0.698. The molecule has 0 saturated heterocycles. The number of hydrogen-bond donors (Lipinski definition) is 1. The third-order valence-electron chi connectivity index (χ3n) is 5.03. The van der Waals surface area contributed by atoms with E-state index < -0.39 is 0 Å². The SMILES string of the molecule is CCN(CC)CCCN(CC)CC1(C)CCCC1N. The van der Waals surface area contributed by atoms with Crippen LogP contribution in [0.15, 0.2) is 0 Å². The van der Waals surface area contributed by atoms with Gasteiger partial charge in [-0.2, -0.15) is 0 Å². The first kappa shape index (κ1) is 16.9. The molecule has 1 saturated carbocycles. The Balaban J connectivity index is 2.33. The van der Waals surface area contributed by atoms with Gasteiger partial charge < -0.3 is 15.5 Å². The van der Waals surface area contributed by atoms with Gasteiger partial charge in [-0.15, -0.1) is 0 Å². The first-order valence-corrected chi connectivity index (χ1v) is 8.26. The zero-order chi connectivity index (χ0) is 14.3. The number of nitrogens with zero attached hydrogens (tertiary/aromatic N) is 2. The van der Waals surface area contributed by atoms with Crippen LogP contribution in [-0.4, -0.2) is 55.1 Å². The summed E-state index contributed by atoms with van der Waals surface area (Å²) in [6.07, 6.45) is 5.11. The van der Waals surface area contributed by atoms with Gasteiger partial charge in [0.25, 0.3) is 0 Å². The van der Waals surface area contributed by atoms with Crippen LogP contribution >= 0.6 is 0 Å². The van der Waals surface area contributed by atoms with Crippen molar-refractivity contribution in [3.8, 4) is 0 Å². The van der Waals surface area contributed by atoms with Gasteiger partial charge in [0.2, 0.25) is 0 Å². The molecule has 0 amide bonds. The topological polar surface area (TPSA) is 32.5 Å². The Morgan fingerprint density at radius 1 is 1.05 bits per heavy atom. The van der Waals surface area contributed by atoms with Crippen molar-refractivity contribution in [1.82, 2.24) is 9.80 Å². The maximum absolute atomic E-state index is 6.30. The summed E-state index contributed by atoms with van der Waals surface area (Å²) < 4.78 is 0. The van der Waals surface area contributed by atoms with Crippen molar-refractivity contribution in [2.45, 2.75) is 59.4 Å². The Morgan fingerprint density at radius 3 is 2.11 bits per heavy atom. The summed E-state index contributed by atoms with van der Waals surface area (Å²) >= 11 is 0. The second-order valence-corrected chi connectivity index (χ2v) is 6.40. The zero-order valence-electron chi connectivity index (χ0n) is 13.6. The molecule has 1 rings (SSSR count). The molecule has 1 aliphatic rings. The van der Waals surface area contributed by atoms with Gasteiger partial charge in [-0.25, -0.2) is 0 Å². The Kier molecular flexibility index (Phi) is 7.33. The molecule has 0 aromatic heterocycles. The van der Waals surface area contributed by atoms with Crippen molar-refractivity contribution >= 4 is 0 Å². The highest BCUT2D eigenvalue weighted by Gasteiger charge is 2.37. The molecule has 114 valence electrons. The van der Waals surface area contributed by atoms with E-state index in [1.807, 2.05) is 0 Å². The zero-order valence-corrected chi connectivity index (χ0v) is 13.6. The standard InChI is InChI=1S/C16H35N3/c1-5-18(6-2)12-9-13-19(7-3)14-16(4)11-8-10-15(16)17/h15H,5-14,17H2,1-4H3. The molecule has 0 bridgehead atoms. The van der Waals surface area contributed by atoms with Crippen molar-refractivity contribution in [3.63, 3.8) is 0 Å². The van der Waals surface area contributed by atoms with Crippen LogP contribution in [0, 0.1) is 5.41 Å². The van der Waals surface area contributed by atoms with E-state index in [0.29, 0.717) is 11.5 Å². The summed E-state index contributed by atoms with van der Waals surface area (Å²) in [6, 6.07) is 0.407. The molecule has 0 aliphatic heterocycles. The van der Waals surface area contributed by atoms with Crippen LogP contribution in [-0.2, 0) is 0 Å². The van der Waals surface area contributed by atoms with E-state index in [9.17, 15) is 0 Å². The van der Waals surface area contributed by atoms with E-state index >= 15 is 0 Å². The highest BCUT2D eigenvalue weighted by atomic mass is 15.1. The third-order valence-corrected chi connectivity index (χ3v) is 5.03. The van der Waals surface area contributed by atoms with Crippen LogP contribution in [0.4, 0.5) is 0 Å². The fraction of sp³-hybridized carbons (Fsp3) is 1.00. The molecule has 0 heterocycles. The molecule has 3 nitrogen and oxygen atoms in total. The fourth-order valence-electron chi connectivity index (χ4n) is 3.37. The predicted molar refractivity (Wildman–Crippen MR) is 84.5 cm³/mol. The van der Waals surface area contributed by atoms with Crippen molar-refractivity contribution in [3.05, 3.63) is 0 Å². The summed E-state index contributed by atoms with van der Waals surface area (Å²) in [6.45, 7) is 16.3. The molecule has 0 aromatic rings. The predicted octanol–water partition coefficient (Wildman–Crippen LogP) is 2.56. The van der Waals surface area contributed by atoms with E-state index in [4.69, 9.17) is 5.73 Å². The summed E-state index contributed by atoms with van der Waals surface area (Å²) in [5.74, 6) is 0. The van der Waals surface area contributed by atoms with Gasteiger partial charge in [0.1, 0.15) is 0 Å². The highest BCUT2D eigenvalue weighted by Crippen LogP contribution is 2.37. The molecular weight excluding hydrogens is 234 g/mol. The number of nitrogens with two attached hydrogens (primary N) is 1. The minimum absolute atomic E-state index is 0.352. The normalized spacial score (nSPS) is 27.6. The molecule has 1 fully saturated rings. The summed E-state index contributed by atoms with van der Waals surface area (Å²) in [5.41, 5.74) is 6.65. The molecule has 2 unspecified atom stereocenters. The lowest BCUT2D eigenvalue weighted by Gasteiger charge is -2.35. The average Bonchev–Trinajstić information content (AvgIpc) is 2.73. The fourth-order valence-corrected chi connectivity index (χ4v) is 3.37. The molecule has 0 spiro atoms. The Bertz CT molecular complexity index is 240. The first-order chi connectivity index (χ1) is 9.05. The van der Waals surface area contributed by atoms with E-state index in [2.05, 4.69) is 37.5 Å². The van der Waals surface area contributed by atoms with E-state index in [1.165, 1.54) is 58.4 Å². The van der Waals surface area contributed by atoms with Crippen molar-refractivity contribution in [2.24, 2.45) is 11.1 Å². The lowest BCUT2D eigenvalue weighted by molar-refractivity contribution is 0.151. The third kappa shape index (κ3) is 5.05. The van der Waals surface area contributed by atoms with Crippen molar-refractivity contribution in [1.29, 1.82) is 0 Å². The number of hydrogen-bond acceptors (Lipinski definition) is 3. The maximum atomic E-state index is 6.30. The van der Waals surface area contributed by atoms with E-state index in [0.717, 1.165) is 6.54 Å². The van der Waals surface area contributed by atoms with Gasteiger partial charge in [0.05, 0.1) is 0 Å². The summed E-state index contributed by atoms with van der Waals surface area (Å²) in [7, 11) is 0. The molecule has 19 heavy (non-hydrogen) atoms. The molecule has 0 radical (unpaired) electrons. The monoisotopic (exact) mass is 269 g/mol. The van der Waals surface area contributed by atoms with Crippen LogP contribution in [0.25, 0.3) is 0 Å². The van der Waals surface area contributed by atoms with Gasteiger partial charge in [0.15, 0.2) is 0 Å². The molecule has 0 aromatic carbocycles. The van der Waals surface area contributed by atoms with Crippen molar-refractivity contribution < 1.29 is 0 Å². The van der Waals surface area contributed by atoms with Crippen LogP contribution in [0.3, 0.4) is 0 Å². The van der Waals surface area contributed by atoms with Gasteiger partial charge >= 0.3 is 0 Å². The van der Waals surface area contributed by atoms with Crippen LogP contribution in [0.5, 0.6) is 0 Å². The highest BCUT2D eigenvalue weighted by molar-refractivity contribution is 4.93. The molecule has 3 heteroatoms. The summed E-state index contributed by atoms with van der Waals surface area (Å²) in [5, 5.41) is 0. The molecule has 2 atom stereocenters. The van der Waals surface area contributed by atoms with Crippen molar-refractivity contribution in [2.75, 3.05) is 39.3 Å². The van der Waals surface area contributed by atoms with Gasteiger partial charge in [-0.1, -0.05) is 34.1 Å². The minimum atomic E-state index is 0.352. The Hall–Kier alpha value is -0.120. The maximum Gasteiger partial charge on any atom is 0.0105 e. The van der Waals surface area contributed by atoms with E-state index in [-0.39, 0.29) is 0 Å². The second-order valence-electron chi connectivity index (χ2n) is 6.40. The smallest absolute Gasteiger partial charge is 0.0105 e. The van der Waals surface area contributed by atoms with Crippen LogP contribution < -0.4 is 5.73 Å². The average molecular weight is 269 g/mol. The molecule has 2 N–H and O–H groups in total. The summed E-state index contributed by atoms with van der Waals surface area (Å²) in [4.78, 5) is 5.12.